The lowest BCUT2D eigenvalue weighted by Crippen LogP contribution is -2.42. The first kappa shape index (κ1) is 17.8. The van der Waals surface area contributed by atoms with E-state index < -0.39 is 0 Å². The fourth-order valence-electron chi connectivity index (χ4n) is 2.50. The fraction of sp³-hybridized carbons (Fsp3) is 0.562. The van der Waals surface area contributed by atoms with E-state index in [2.05, 4.69) is 17.6 Å². The van der Waals surface area contributed by atoms with Gasteiger partial charge >= 0.3 is 0 Å². The summed E-state index contributed by atoms with van der Waals surface area (Å²) in [6.45, 7) is 4.39. The Balaban J connectivity index is 0.00000220. The molecule has 0 unspecified atom stereocenters. The molecule has 0 bridgehead atoms. The molecule has 1 heterocycles. The zero-order chi connectivity index (χ0) is 14.2. The zero-order valence-electron chi connectivity index (χ0n) is 12.5. The first-order chi connectivity index (χ1) is 9.75. The number of para-hydroxylation sites is 1. The van der Waals surface area contributed by atoms with Crippen LogP contribution in [0.15, 0.2) is 30.3 Å². The second-order valence-electron chi connectivity index (χ2n) is 5.38. The molecule has 2 atom stereocenters. The molecule has 1 aliphatic heterocycles. The molecule has 5 heteroatoms. The van der Waals surface area contributed by atoms with Crippen molar-refractivity contribution in [3.63, 3.8) is 0 Å². The second kappa shape index (κ2) is 9.64. The summed E-state index contributed by atoms with van der Waals surface area (Å²) in [4.78, 5) is 12.0. The van der Waals surface area contributed by atoms with E-state index in [1.165, 1.54) is 0 Å². The Morgan fingerprint density at radius 2 is 2.14 bits per heavy atom. The van der Waals surface area contributed by atoms with Crippen LogP contribution >= 0.6 is 12.4 Å². The van der Waals surface area contributed by atoms with Crippen molar-refractivity contribution < 1.29 is 9.53 Å². The standard InChI is InChI=1S/C16H24N2O2.ClH/c1-13-12-14(8-10-17-13)16(19)18-9-5-11-20-15-6-3-2-4-7-15;/h2-4,6-7,13-14,17H,5,8-12H2,1H3,(H,18,19);1H/t13-,14-;/m0./s1. The number of nitrogens with one attached hydrogen (secondary N) is 2. The Morgan fingerprint density at radius 3 is 2.86 bits per heavy atom. The fourth-order valence-corrected chi connectivity index (χ4v) is 2.50. The number of amides is 1. The number of carbonyl (C=O) groups is 1. The van der Waals surface area contributed by atoms with E-state index in [0.717, 1.165) is 31.6 Å². The summed E-state index contributed by atoms with van der Waals surface area (Å²) in [6.07, 6.45) is 2.71. The van der Waals surface area contributed by atoms with Crippen molar-refractivity contribution in [3.8, 4) is 5.75 Å². The molecule has 2 rings (SSSR count). The van der Waals surface area contributed by atoms with Crippen molar-refractivity contribution in [2.24, 2.45) is 5.92 Å². The van der Waals surface area contributed by atoms with E-state index >= 15 is 0 Å². The average molecular weight is 313 g/mol. The lowest BCUT2D eigenvalue weighted by molar-refractivity contribution is -0.126. The van der Waals surface area contributed by atoms with E-state index in [-0.39, 0.29) is 24.2 Å². The van der Waals surface area contributed by atoms with Crippen molar-refractivity contribution in [1.29, 1.82) is 0 Å². The lowest BCUT2D eigenvalue weighted by atomic mass is 9.92. The summed E-state index contributed by atoms with van der Waals surface area (Å²) in [7, 11) is 0. The van der Waals surface area contributed by atoms with E-state index in [0.29, 0.717) is 19.2 Å². The number of hydrogen-bond acceptors (Lipinski definition) is 3. The molecule has 0 aliphatic carbocycles. The minimum atomic E-state index is 0. The molecular weight excluding hydrogens is 288 g/mol. The average Bonchev–Trinajstić information content (AvgIpc) is 2.48. The topological polar surface area (TPSA) is 50.4 Å². The van der Waals surface area contributed by atoms with Crippen LogP contribution in [0, 0.1) is 5.92 Å². The minimum Gasteiger partial charge on any atom is -0.494 e. The van der Waals surface area contributed by atoms with Crippen LogP contribution in [0.4, 0.5) is 0 Å². The SMILES string of the molecule is C[C@H]1C[C@@H](C(=O)NCCCOc2ccccc2)CCN1.Cl. The third-order valence-electron chi connectivity index (χ3n) is 3.63. The van der Waals surface area contributed by atoms with E-state index in [4.69, 9.17) is 4.74 Å². The maximum atomic E-state index is 12.0. The van der Waals surface area contributed by atoms with Gasteiger partial charge in [-0.15, -0.1) is 12.4 Å². The van der Waals surface area contributed by atoms with Crippen LogP contribution in [0.5, 0.6) is 5.75 Å². The Morgan fingerprint density at radius 1 is 1.38 bits per heavy atom. The second-order valence-corrected chi connectivity index (χ2v) is 5.38. The van der Waals surface area contributed by atoms with Crippen LogP contribution < -0.4 is 15.4 Å². The van der Waals surface area contributed by atoms with Crippen LogP contribution in [-0.2, 0) is 4.79 Å². The molecule has 21 heavy (non-hydrogen) atoms. The summed E-state index contributed by atoms with van der Waals surface area (Å²) >= 11 is 0. The van der Waals surface area contributed by atoms with Gasteiger partial charge in [0.25, 0.3) is 0 Å². The molecular formula is C16H25ClN2O2. The van der Waals surface area contributed by atoms with Gasteiger partial charge in [-0.3, -0.25) is 4.79 Å². The van der Waals surface area contributed by atoms with Gasteiger partial charge in [0.15, 0.2) is 0 Å². The number of hydrogen-bond donors (Lipinski definition) is 2. The molecule has 1 amide bonds. The molecule has 4 nitrogen and oxygen atoms in total. The number of carbonyl (C=O) groups excluding carboxylic acids is 1. The predicted molar refractivity (Wildman–Crippen MR) is 87.0 cm³/mol. The Kier molecular flexibility index (Phi) is 8.16. The Labute approximate surface area is 133 Å². The van der Waals surface area contributed by atoms with Crippen LogP contribution in [0.25, 0.3) is 0 Å². The molecule has 1 aromatic rings. The van der Waals surface area contributed by atoms with Crippen LogP contribution in [0.2, 0.25) is 0 Å². The van der Waals surface area contributed by atoms with Gasteiger partial charge in [-0.05, 0) is 44.9 Å². The summed E-state index contributed by atoms with van der Waals surface area (Å²) in [5.74, 6) is 1.24. The third kappa shape index (κ3) is 6.36. The number of benzene rings is 1. The van der Waals surface area contributed by atoms with Gasteiger partial charge in [0.2, 0.25) is 5.91 Å². The number of rotatable bonds is 6. The summed E-state index contributed by atoms with van der Waals surface area (Å²) < 4.78 is 5.59. The third-order valence-corrected chi connectivity index (χ3v) is 3.63. The number of piperidine rings is 1. The first-order valence-corrected chi connectivity index (χ1v) is 7.44. The molecule has 1 aromatic carbocycles. The van der Waals surface area contributed by atoms with Crippen LogP contribution in [0.3, 0.4) is 0 Å². The zero-order valence-corrected chi connectivity index (χ0v) is 13.3. The molecule has 2 N–H and O–H groups in total. The quantitative estimate of drug-likeness (QED) is 0.793. The highest BCUT2D eigenvalue weighted by Crippen LogP contribution is 2.15. The molecule has 0 spiro atoms. The van der Waals surface area contributed by atoms with Crippen LogP contribution in [-0.4, -0.2) is 31.6 Å². The highest BCUT2D eigenvalue weighted by atomic mass is 35.5. The van der Waals surface area contributed by atoms with E-state index in [9.17, 15) is 4.79 Å². The minimum absolute atomic E-state index is 0. The Bertz CT molecular complexity index is 414. The lowest BCUT2D eigenvalue weighted by Gasteiger charge is -2.27. The van der Waals surface area contributed by atoms with Crippen molar-refractivity contribution in [1.82, 2.24) is 10.6 Å². The predicted octanol–water partition coefficient (Wildman–Crippen LogP) is 2.38. The van der Waals surface area contributed by atoms with Crippen molar-refractivity contribution in [2.75, 3.05) is 19.7 Å². The number of ether oxygens (including phenoxy) is 1. The van der Waals surface area contributed by atoms with Gasteiger partial charge in [0.05, 0.1) is 6.61 Å². The van der Waals surface area contributed by atoms with Crippen molar-refractivity contribution in [3.05, 3.63) is 30.3 Å². The summed E-state index contributed by atoms with van der Waals surface area (Å²) in [5, 5.41) is 6.37. The maximum absolute atomic E-state index is 12.0. The van der Waals surface area contributed by atoms with Gasteiger partial charge in [-0.2, -0.15) is 0 Å². The highest BCUT2D eigenvalue weighted by molar-refractivity contribution is 5.85. The summed E-state index contributed by atoms with van der Waals surface area (Å²) in [5.41, 5.74) is 0. The van der Waals surface area contributed by atoms with Crippen molar-refractivity contribution in [2.45, 2.75) is 32.2 Å². The number of halogens is 1. The molecule has 0 saturated carbocycles. The van der Waals surface area contributed by atoms with Crippen LogP contribution in [0.1, 0.15) is 26.2 Å². The smallest absolute Gasteiger partial charge is 0.223 e. The molecule has 0 radical (unpaired) electrons. The summed E-state index contributed by atoms with van der Waals surface area (Å²) in [6, 6.07) is 10.2. The van der Waals surface area contributed by atoms with Gasteiger partial charge in [-0.25, -0.2) is 0 Å². The Hall–Kier alpha value is -1.26. The molecule has 1 fully saturated rings. The van der Waals surface area contributed by atoms with E-state index in [1.807, 2.05) is 30.3 Å². The molecule has 1 aliphatic rings. The normalized spacial score (nSPS) is 21.2. The molecule has 0 aromatic heterocycles. The van der Waals surface area contributed by atoms with Gasteiger partial charge < -0.3 is 15.4 Å². The monoisotopic (exact) mass is 312 g/mol. The maximum Gasteiger partial charge on any atom is 0.223 e. The van der Waals surface area contributed by atoms with Crippen molar-refractivity contribution >= 4 is 18.3 Å². The van der Waals surface area contributed by atoms with Gasteiger partial charge in [0.1, 0.15) is 5.75 Å². The molecule has 1 saturated heterocycles. The van der Waals surface area contributed by atoms with E-state index in [1.54, 1.807) is 0 Å². The highest BCUT2D eigenvalue weighted by Gasteiger charge is 2.24. The van der Waals surface area contributed by atoms with Gasteiger partial charge in [0, 0.05) is 18.5 Å². The largest absolute Gasteiger partial charge is 0.494 e. The molecule has 118 valence electrons. The van der Waals surface area contributed by atoms with Gasteiger partial charge in [-0.1, -0.05) is 18.2 Å². The first-order valence-electron chi connectivity index (χ1n) is 7.44.